The minimum atomic E-state index is -0.433. The Bertz CT molecular complexity index is 1110. The lowest BCUT2D eigenvalue weighted by Crippen LogP contribution is -2.41. The van der Waals surface area contributed by atoms with Crippen molar-refractivity contribution in [2.24, 2.45) is 0 Å². The SMILES string of the molecule is COc1cc2cc(c1)COc1ccc(CNC(C)=O)cc1NC(=O)[C@H](CCCCCC(=O)NO)NCCC2. The number of aryl methyl sites for hydroxylation is 1. The van der Waals surface area contributed by atoms with Gasteiger partial charge in [-0.2, -0.15) is 0 Å². The van der Waals surface area contributed by atoms with Crippen LogP contribution in [0.15, 0.2) is 36.4 Å². The fraction of sp³-hybridized carbons (Fsp3) is 0.464. The summed E-state index contributed by atoms with van der Waals surface area (Å²) in [6, 6.07) is 11.1. The maximum Gasteiger partial charge on any atom is 0.243 e. The average molecular weight is 527 g/mol. The summed E-state index contributed by atoms with van der Waals surface area (Å²) >= 11 is 0. The zero-order valence-electron chi connectivity index (χ0n) is 22.1. The molecule has 2 aromatic rings. The smallest absolute Gasteiger partial charge is 0.243 e. The van der Waals surface area contributed by atoms with E-state index >= 15 is 0 Å². The van der Waals surface area contributed by atoms with Gasteiger partial charge in [0.25, 0.3) is 0 Å². The van der Waals surface area contributed by atoms with Gasteiger partial charge in [-0.15, -0.1) is 0 Å². The number of rotatable bonds is 9. The Morgan fingerprint density at radius 2 is 1.95 bits per heavy atom. The molecule has 1 atom stereocenters. The van der Waals surface area contributed by atoms with Gasteiger partial charge in [-0.3, -0.25) is 19.6 Å². The van der Waals surface area contributed by atoms with Crippen LogP contribution >= 0.6 is 0 Å². The van der Waals surface area contributed by atoms with Crippen molar-refractivity contribution in [1.29, 1.82) is 0 Å². The zero-order valence-corrected chi connectivity index (χ0v) is 22.1. The number of hydrogen-bond donors (Lipinski definition) is 5. The molecule has 3 rings (SSSR count). The number of unbranched alkanes of at least 4 members (excludes halogenated alkanes) is 2. The summed E-state index contributed by atoms with van der Waals surface area (Å²) in [7, 11) is 1.64. The number of carbonyl (C=O) groups is 3. The molecular weight excluding hydrogens is 488 g/mol. The number of hydrogen-bond acceptors (Lipinski definition) is 7. The van der Waals surface area contributed by atoms with E-state index < -0.39 is 11.9 Å². The Morgan fingerprint density at radius 3 is 2.71 bits per heavy atom. The molecule has 1 aliphatic rings. The predicted octanol–water partition coefficient (Wildman–Crippen LogP) is 3.21. The molecule has 2 bridgehead atoms. The van der Waals surface area contributed by atoms with E-state index in [1.54, 1.807) is 18.7 Å². The van der Waals surface area contributed by atoms with Gasteiger partial charge in [0.2, 0.25) is 17.7 Å². The quantitative estimate of drug-likeness (QED) is 0.192. The Hall–Kier alpha value is -3.63. The topological polar surface area (TPSA) is 138 Å². The van der Waals surface area contributed by atoms with Crippen LogP contribution in [-0.4, -0.2) is 42.6 Å². The second kappa shape index (κ2) is 14.9. The Labute approximate surface area is 223 Å². The van der Waals surface area contributed by atoms with E-state index in [0.717, 1.165) is 48.1 Å². The van der Waals surface area contributed by atoms with Crippen molar-refractivity contribution in [2.75, 3.05) is 19.0 Å². The van der Waals surface area contributed by atoms with Crippen molar-refractivity contribution in [1.82, 2.24) is 16.1 Å². The van der Waals surface area contributed by atoms with Gasteiger partial charge >= 0.3 is 0 Å². The second-order valence-electron chi connectivity index (χ2n) is 9.45. The first kappa shape index (κ1) is 28.9. The Balaban J connectivity index is 1.81. The summed E-state index contributed by atoms with van der Waals surface area (Å²) in [4.78, 5) is 36.0. The van der Waals surface area contributed by atoms with E-state index in [9.17, 15) is 14.4 Å². The van der Waals surface area contributed by atoms with Crippen LogP contribution in [0.3, 0.4) is 0 Å². The molecule has 0 unspecified atom stereocenters. The zero-order chi connectivity index (χ0) is 27.3. The van der Waals surface area contributed by atoms with Gasteiger partial charge in [0.1, 0.15) is 18.1 Å². The molecule has 1 heterocycles. The summed E-state index contributed by atoms with van der Waals surface area (Å²) in [5, 5.41) is 17.9. The van der Waals surface area contributed by atoms with Crippen molar-refractivity contribution in [2.45, 2.75) is 71.1 Å². The fourth-order valence-corrected chi connectivity index (χ4v) is 4.35. The molecule has 3 amide bonds. The number of ether oxygens (including phenoxy) is 2. The number of carbonyl (C=O) groups excluding carboxylic acids is 3. The molecule has 0 aromatic heterocycles. The molecule has 0 spiro atoms. The van der Waals surface area contributed by atoms with Crippen molar-refractivity contribution >= 4 is 23.4 Å². The number of methoxy groups -OCH3 is 1. The Kier molecular flexibility index (Phi) is 11.4. The lowest BCUT2D eigenvalue weighted by atomic mass is 10.0. The molecule has 2 aromatic carbocycles. The third kappa shape index (κ3) is 9.35. The molecule has 0 saturated carbocycles. The third-order valence-corrected chi connectivity index (χ3v) is 6.37. The first-order valence-electron chi connectivity index (χ1n) is 13.0. The van der Waals surface area contributed by atoms with E-state index in [1.165, 1.54) is 6.92 Å². The molecule has 206 valence electrons. The third-order valence-electron chi connectivity index (χ3n) is 6.37. The van der Waals surface area contributed by atoms with Gasteiger partial charge < -0.3 is 25.4 Å². The molecule has 1 aliphatic heterocycles. The average Bonchev–Trinajstić information content (AvgIpc) is 2.91. The monoisotopic (exact) mass is 526 g/mol. The molecule has 10 nitrogen and oxygen atoms in total. The van der Waals surface area contributed by atoms with Crippen LogP contribution in [0.4, 0.5) is 5.69 Å². The predicted molar refractivity (Wildman–Crippen MR) is 143 cm³/mol. The maximum atomic E-state index is 13.4. The van der Waals surface area contributed by atoms with Crippen LogP contribution in [0, 0.1) is 0 Å². The van der Waals surface area contributed by atoms with Gasteiger partial charge in [-0.1, -0.05) is 25.0 Å². The summed E-state index contributed by atoms with van der Waals surface area (Å²) in [5.74, 6) is 0.580. The molecule has 0 saturated heterocycles. The van der Waals surface area contributed by atoms with Crippen LogP contribution in [0.1, 0.15) is 62.1 Å². The van der Waals surface area contributed by atoms with Crippen LogP contribution in [0.2, 0.25) is 0 Å². The summed E-state index contributed by atoms with van der Waals surface area (Å²) in [6.45, 7) is 2.75. The van der Waals surface area contributed by atoms with Crippen molar-refractivity contribution in [3.05, 3.63) is 53.1 Å². The number of amides is 3. The summed E-state index contributed by atoms with van der Waals surface area (Å²) in [6.07, 6.45) is 4.63. The van der Waals surface area contributed by atoms with Crippen molar-refractivity contribution in [3.63, 3.8) is 0 Å². The van der Waals surface area contributed by atoms with E-state index in [2.05, 4.69) is 22.0 Å². The van der Waals surface area contributed by atoms with Crippen LogP contribution in [0.25, 0.3) is 0 Å². The Morgan fingerprint density at radius 1 is 1.13 bits per heavy atom. The minimum absolute atomic E-state index is 0.139. The normalized spacial score (nSPS) is 15.8. The van der Waals surface area contributed by atoms with Gasteiger partial charge in [-0.05, 0) is 73.2 Å². The molecule has 10 heteroatoms. The van der Waals surface area contributed by atoms with E-state index in [1.807, 2.05) is 24.3 Å². The number of hydroxylamine groups is 1. The number of nitrogens with one attached hydrogen (secondary N) is 4. The largest absolute Gasteiger partial charge is 0.497 e. The number of fused-ring (bicyclic) bond motifs is 3. The van der Waals surface area contributed by atoms with E-state index in [-0.39, 0.29) is 18.2 Å². The molecular formula is C28H38N4O6. The molecule has 0 radical (unpaired) electrons. The molecule has 0 aliphatic carbocycles. The number of benzene rings is 2. The van der Waals surface area contributed by atoms with Crippen LogP contribution in [-0.2, 0) is 34.0 Å². The molecule has 0 fully saturated rings. The highest BCUT2D eigenvalue weighted by molar-refractivity contribution is 5.96. The first-order valence-corrected chi connectivity index (χ1v) is 13.0. The lowest BCUT2D eigenvalue weighted by molar-refractivity contribution is -0.129. The van der Waals surface area contributed by atoms with Crippen molar-refractivity contribution < 1.29 is 29.1 Å². The molecule has 5 N–H and O–H groups in total. The minimum Gasteiger partial charge on any atom is -0.497 e. The lowest BCUT2D eigenvalue weighted by Gasteiger charge is -2.21. The van der Waals surface area contributed by atoms with Gasteiger partial charge in [-0.25, -0.2) is 5.48 Å². The highest BCUT2D eigenvalue weighted by Gasteiger charge is 2.20. The summed E-state index contributed by atoms with van der Waals surface area (Å²) in [5.41, 5.74) is 5.11. The summed E-state index contributed by atoms with van der Waals surface area (Å²) < 4.78 is 11.6. The second-order valence-corrected chi connectivity index (χ2v) is 9.45. The maximum absolute atomic E-state index is 13.4. The molecule has 38 heavy (non-hydrogen) atoms. The van der Waals surface area contributed by atoms with Crippen molar-refractivity contribution in [3.8, 4) is 11.5 Å². The van der Waals surface area contributed by atoms with Gasteiger partial charge in [0, 0.05) is 19.9 Å². The fourth-order valence-electron chi connectivity index (χ4n) is 4.35. The van der Waals surface area contributed by atoms with E-state index in [4.69, 9.17) is 14.7 Å². The van der Waals surface area contributed by atoms with E-state index in [0.29, 0.717) is 44.0 Å². The highest BCUT2D eigenvalue weighted by atomic mass is 16.5. The van der Waals surface area contributed by atoms with Gasteiger partial charge in [0.05, 0.1) is 18.8 Å². The number of anilines is 1. The highest BCUT2D eigenvalue weighted by Crippen LogP contribution is 2.28. The van der Waals surface area contributed by atoms with Gasteiger partial charge in [0.15, 0.2) is 0 Å². The standard InChI is InChI=1S/C28H38N4O6/c1-19(33)30-17-21-10-11-26-25(16-21)31-28(35)24(8-4-3-5-9-27(34)32-36)29-12-6-7-20-13-22(18-38-26)15-23(14-20)37-2/h10-11,13-16,24,29,36H,3-9,12,17-18H2,1-2H3,(H,30,33)(H,31,35)(H,32,34)/t24-/m0/s1. The first-order chi connectivity index (χ1) is 18.4. The van der Waals surface area contributed by atoms with Crippen LogP contribution < -0.4 is 30.9 Å². The van der Waals surface area contributed by atoms with Crippen LogP contribution in [0.5, 0.6) is 11.5 Å².